The minimum atomic E-state index is -4.68. The number of pyridine rings is 1. The minimum absolute atomic E-state index is 0.0359. The van der Waals surface area contributed by atoms with E-state index in [0.29, 0.717) is 0 Å². The van der Waals surface area contributed by atoms with Crippen LogP contribution in [0.1, 0.15) is 32.4 Å². The van der Waals surface area contributed by atoms with Crippen molar-refractivity contribution < 1.29 is 45.4 Å². The number of benzene rings is 2. The summed E-state index contributed by atoms with van der Waals surface area (Å²) in [5.41, 5.74) is -2.01. The van der Waals surface area contributed by atoms with Gasteiger partial charge in [0.1, 0.15) is 17.5 Å². The van der Waals surface area contributed by atoms with E-state index >= 15 is 0 Å². The number of methoxy groups -OCH3 is 1. The van der Waals surface area contributed by atoms with Crippen LogP contribution in [0.3, 0.4) is 0 Å². The number of fused-ring (bicyclic) bond motifs is 1. The monoisotopic (exact) mass is 582 g/mol. The predicted octanol–water partition coefficient (Wildman–Crippen LogP) is 5.76. The molecule has 0 saturated carbocycles. The summed E-state index contributed by atoms with van der Waals surface area (Å²) < 4.78 is 93.5. The largest absolute Gasteiger partial charge is 0.494 e. The molecule has 0 unspecified atom stereocenters. The Kier molecular flexibility index (Phi) is 7.72. The van der Waals surface area contributed by atoms with Crippen molar-refractivity contribution in [3.05, 3.63) is 66.1 Å². The molecular formula is C27H26F4N2O6S. The van der Waals surface area contributed by atoms with Gasteiger partial charge < -0.3 is 14.6 Å². The Morgan fingerprint density at radius 1 is 1.15 bits per heavy atom. The fraction of sp³-hybridized carbons (Fsp3) is 0.333. The van der Waals surface area contributed by atoms with Gasteiger partial charge in [0.15, 0.2) is 11.6 Å². The van der Waals surface area contributed by atoms with Gasteiger partial charge in [0.2, 0.25) is 0 Å². The lowest BCUT2D eigenvalue weighted by Crippen LogP contribution is -2.44. The van der Waals surface area contributed by atoms with Gasteiger partial charge in [0.25, 0.3) is 10.0 Å². The van der Waals surface area contributed by atoms with Crippen molar-refractivity contribution in [2.75, 3.05) is 18.0 Å². The van der Waals surface area contributed by atoms with Crippen LogP contribution >= 0.6 is 0 Å². The van der Waals surface area contributed by atoms with Gasteiger partial charge in [0.05, 0.1) is 35.3 Å². The van der Waals surface area contributed by atoms with Crippen molar-refractivity contribution in [3.63, 3.8) is 0 Å². The number of sulfonamides is 1. The molecule has 0 radical (unpaired) electrons. The Morgan fingerprint density at radius 2 is 1.88 bits per heavy atom. The minimum Gasteiger partial charge on any atom is -0.494 e. The summed E-state index contributed by atoms with van der Waals surface area (Å²) in [5, 5.41) is 9.47. The lowest BCUT2D eigenvalue weighted by molar-refractivity contribution is -0.147. The van der Waals surface area contributed by atoms with Crippen LogP contribution in [-0.2, 0) is 21.0 Å². The Morgan fingerprint density at radius 3 is 2.52 bits per heavy atom. The van der Waals surface area contributed by atoms with E-state index in [2.05, 4.69) is 4.98 Å². The van der Waals surface area contributed by atoms with Crippen LogP contribution in [0.25, 0.3) is 11.3 Å². The molecule has 1 atom stereocenters. The quantitative estimate of drug-likeness (QED) is 0.337. The van der Waals surface area contributed by atoms with E-state index in [0.717, 1.165) is 28.6 Å². The third-order valence-electron chi connectivity index (χ3n) is 6.61. The molecular weight excluding hydrogens is 556 g/mol. The van der Waals surface area contributed by atoms with Crippen molar-refractivity contribution in [3.8, 4) is 22.8 Å². The normalized spacial score (nSPS) is 15.8. The fourth-order valence-corrected chi connectivity index (χ4v) is 5.67. The second-order valence-electron chi connectivity index (χ2n) is 9.89. The molecule has 1 aromatic heterocycles. The SMILES string of the molecule is COc1cc(S(=O)(=O)N2C[C@H](CCC(C)(C)C(=O)O)Oc3ccc(-c4cccc(C(F)(F)F)n4)cc32)ccc1F. The van der Waals surface area contributed by atoms with E-state index < -0.39 is 45.2 Å². The van der Waals surface area contributed by atoms with Crippen LogP contribution in [0.4, 0.5) is 23.2 Å². The molecule has 0 bridgehead atoms. The van der Waals surface area contributed by atoms with Crippen LogP contribution in [0, 0.1) is 11.2 Å². The molecule has 13 heteroatoms. The number of carbonyl (C=O) groups is 1. The highest BCUT2D eigenvalue weighted by Crippen LogP contribution is 2.42. The van der Waals surface area contributed by atoms with Gasteiger partial charge in [-0.05, 0) is 69.2 Å². The number of aromatic nitrogens is 1. The smallest absolute Gasteiger partial charge is 0.433 e. The summed E-state index contributed by atoms with van der Waals surface area (Å²) in [4.78, 5) is 15.0. The topological polar surface area (TPSA) is 106 Å². The first-order chi connectivity index (χ1) is 18.6. The maximum atomic E-state index is 14.0. The molecule has 0 amide bonds. The van der Waals surface area contributed by atoms with Gasteiger partial charge in [-0.2, -0.15) is 13.2 Å². The zero-order chi connectivity index (χ0) is 29.5. The number of hydrogen-bond donors (Lipinski definition) is 1. The van der Waals surface area contributed by atoms with Gasteiger partial charge in [0, 0.05) is 11.6 Å². The van der Waals surface area contributed by atoms with Gasteiger partial charge >= 0.3 is 12.1 Å². The van der Waals surface area contributed by atoms with Crippen molar-refractivity contribution in [2.45, 2.75) is 43.9 Å². The molecule has 0 spiro atoms. The second-order valence-corrected chi connectivity index (χ2v) is 11.8. The van der Waals surface area contributed by atoms with Crippen LogP contribution in [-0.4, -0.2) is 44.2 Å². The Bertz CT molecular complexity index is 1540. The van der Waals surface area contributed by atoms with Gasteiger partial charge in [-0.3, -0.25) is 9.10 Å². The third-order valence-corrected chi connectivity index (χ3v) is 8.38. The van der Waals surface area contributed by atoms with E-state index in [-0.39, 0.29) is 52.7 Å². The summed E-state index contributed by atoms with van der Waals surface area (Å²) in [5.74, 6) is -1.96. The van der Waals surface area contributed by atoms with Gasteiger partial charge in [-0.25, -0.2) is 17.8 Å². The lowest BCUT2D eigenvalue weighted by atomic mass is 9.86. The Balaban J connectivity index is 1.79. The summed E-state index contributed by atoms with van der Waals surface area (Å²) in [6, 6.07) is 10.7. The number of aliphatic carboxylic acids is 1. The highest BCUT2D eigenvalue weighted by molar-refractivity contribution is 7.92. The summed E-state index contributed by atoms with van der Waals surface area (Å²) >= 11 is 0. The van der Waals surface area contributed by atoms with E-state index in [9.17, 15) is 35.9 Å². The number of carboxylic acid groups (broad SMARTS) is 1. The molecule has 2 heterocycles. The molecule has 8 nitrogen and oxygen atoms in total. The molecule has 214 valence electrons. The molecule has 40 heavy (non-hydrogen) atoms. The van der Waals surface area contributed by atoms with Crippen molar-refractivity contribution in [2.24, 2.45) is 5.41 Å². The lowest BCUT2D eigenvalue weighted by Gasteiger charge is -2.36. The van der Waals surface area contributed by atoms with Gasteiger partial charge in [-0.1, -0.05) is 6.07 Å². The van der Waals surface area contributed by atoms with Crippen LogP contribution in [0.15, 0.2) is 59.5 Å². The molecule has 0 fully saturated rings. The van der Waals surface area contributed by atoms with Crippen LogP contribution in [0.5, 0.6) is 11.5 Å². The van der Waals surface area contributed by atoms with E-state index in [1.165, 1.54) is 37.4 Å². The summed E-state index contributed by atoms with van der Waals surface area (Å²) in [6.07, 6.45) is -5.07. The maximum Gasteiger partial charge on any atom is 0.433 e. The van der Waals surface area contributed by atoms with Crippen LogP contribution < -0.4 is 13.8 Å². The first-order valence-corrected chi connectivity index (χ1v) is 13.5. The van der Waals surface area contributed by atoms with E-state index in [1.54, 1.807) is 13.8 Å². The number of alkyl halides is 3. The van der Waals surface area contributed by atoms with Crippen LogP contribution in [0.2, 0.25) is 0 Å². The van der Waals surface area contributed by atoms with Gasteiger partial charge in [-0.15, -0.1) is 0 Å². The molecule has 4 rings (SSSR count). The highest BCUT2D eigenvalue weighted by Gasteiger charge is 2.37. The number of anilines is 1. The highest BCUT2D eigenvalue weighted by atomic mass is 32.2. The Hall–Kier alpha value is -3.87. The average molecular weight is 583 g/mol. The number of halogens is 4. The zero-order valence-electron chi connectivity index (χ0n) is 21.7. The molecule has 1 aliphatic heterocycles. The second kappa shape index (κ2) is 10.6. The third kappa shape index (κ3) is 5.83. The first-order valence-electron chi connectivity index (χ1n) is 12.1. The molecule has 1 N–H and O–H groups in total. The van der Waals surface area contributed by atoms with Crippen molar-refractivity contribution in [1.29, 1.82) is 0 Å². The zero-order valence-corrected chi connectivity index (χ0v) is 22.5. The van der Waals surface area contributed by atoms with Crippen molar-refractivity contribution in [1.82, 2.24) is 4.98 Å². The molecule has 0 aliphatic carbocycles. The van der Waals surface area contributed by atoms with E-state index in [1.807, 2.05) is 0 Å². The molecule has 0 saturated heterocycles. The number of hydrogen-bond acceptors (Lipinski definition) is 6. The first kappa shape index (κ1) is 29.1. The average Bonchev–Trinajstić information content (AvgIpc) is 2.90. The molecule has 3 aromatic rings. The number of carboxylic acids is 1. The summed E-state index contributed by atoms with van der Waals surface area (Å²) in [7, 11) is -3.18. The molecule has 1 aliphatic rings. The van der Waals surface area contributed by atoms with Crippen molar-refractivity contribution >= 4 is 21.7 Å². The Labute approximate surface area is 228 Å². The van der Waals surface area contributed by atoms with E-state index in [4.69, 9.17) is 9.47 Å². The standard InChI is InChI=1S/C27H26F4N2O6S/c1-26(2,25(34)35)12-11-17-15-33(40(36,37)18-8-9-19(28)23(14-18)38-3)21-13-16(7-10-22(21)39-17)20-5-4-6-24(32-20)27(29,30)31/h4-10,13-14,17H,11-12,15H2,1-3H3,(H,34,35)/t17-/m0/s1. The number of nitrogens with zero attached hydrogens (tertiary/aromatic N) is 2. The fourth-order valence-electron chi connectivity index (χ4n) is 4.16. The number of rotatable bonds is 8. The maximum absolute atomic E-state index is 14.0. The predicted molar refractivity (Wildman–Crippen MR) is 137 cm³/mol. The number of ether oxygens (including phenoxy) is 2. The summed E-state index contributed by atoms with van der Waals surface area (Å²) in [6.45, 7) is 2.85. The molecule has 2 aromatic carbocycles.